The summed E-state index contributed by atoms with van der Waals surface area (Å²) >= 11 is 0. The van der Waals surface area contributed by atoms with Crippen LogP contribution in [0.15, 0.2) is 30.3 Å². The third kappa shape index (κ3) is 3.94. The third-order valence-electron chi connectivity index (χ3n) is 9.98. The molecule has 6 atom stereocenters. The molecule has 0 amide bonds. The van der Waals surface area contributed by atoms with Crippen molar-refractivity contribution in [2.24, 2.45) is 23.2 Å². The van der Waals surface area contributed by atoms with Gasteiger partial charge in [0.25, 0.3) is 0 Å². The molecule has 5 nitrogen and oxygen atoms in total. The number of piperidine rings is 1. The standard InChI is InChI=1S/C28H41NO4/c1-26-12-7-13-27(2,32-3)28(26,31)17-22-23(25(30)33-24(22)18-26)19-29-14-10-21(11-15-29)16-20-8-5-4-6-9-20/h4-6,8-9,21-24,31H,7,10-19H2,1-3H3/t22-,23+,24+,26+,27+,28+/m0/s1. The molecule has 0 radical (unpaired) electrons. The molecule has 2 saturated heterocycles. The Morgan fingerprint density at radius 2 is 1.85 bits per heavy atom. The Morgan fingerprint density at radius 1 is 1.12 bits per heavy atom. The zero-order valence-corrected chi connectivity index (χ0v) is 20.6. The zero-order chi connectivity index (χ0) is 23.3. The van der Waals surface area contributed by atoms with Gasteiger partial charge in [0.15, 0.2) is 0 Å². The normalized spacial score (nSPS) is 41.9. The number of ether oxygens (including phenoxy) is 2. The van der Waals surface area contributed by atoms with E-state index in [1.807, 2.05) is 0 Å². The summed E-state index contributed by atoms with van der Waals surface area (Å²) in [6.45, 7) is 7.08. The van der Waals surface area contributed by atoms with E-state index < -0.39 is 11.2 Å². The van der Waals surface area contributed by atoms with Crippen LogP contribution in [0.3, 0.4) is 0 Å². The van der Waals surface area contributed by atoms with E-state index in [0.29, 0.717) is 12.3 Å². The number of carbonyl (C=O) groups is 1. The van der Waals surface area contributed by atoms with Gasteiger partial charge in [0, 0.05) is 25.0 Å². The summed E-state index contributed by atoms with van der Waals surface area (Å²) in [5, 5.41) is 12.1. The summed E-state index contributed by atoms with van der Waals surface area (Å²) in [5.74, 6) is 0.594. The quantitative estimate of drug-likeness (QED) is 0.674. The van der Waals surface area contributed by atoms with Crippen molar-refractivity contribution in [1.82, 2.24) is 4.90 Å². The van der Waals surface area contributed by atoms with Gasteiger partial charge in [0.05, 0.1) is 17.1 Å². The molecular weight excluding hydrogens is 414 g/mol. The van der Waals surface area contributed by atoms with Crippen molar-refractivity contribution in [3.8, 4) is 0 Å². The second kappa shape index (κ2) is 8.66. The average Bonchev–Trinajstić information content (AvgIpc) is 3.08. The number of esters is 1. The Hall–Kier alpha value is -1.43. The van der Waals surface area contributed by atoms with Crippen LogP contribution in [0.5, 0.6) is 0 Å². The molecule has 4 aliphatic rings. The molecule has 1 aromatic rings. The van der Waals surface area contributed by atoms with Gasteiger partial charge < -0.3 is 19.5 Å². The van der Waals surface area contributed by atoms with Crippen molar-refractivity contribution in [3.05, 3.63) is 35.9 Å². The Labute approximate surface area is 198 Å². The number of methoxy groups -OCH3 is 1. The van der Waals surface area contributed by atoms with Gasteiger partial charge in [0.2, 0.25) is 0 Å². The second-order valence-electron chi connectivity index (χ2n) is 11.8. The molecule has 2 aliphatic carbocycles. The highest BCUT2D eigenvalue weighted by Crippen LogP contribution is 2.61. The first-order valence-corrected chi connectivity index (χ1v) is 13.0. The lowest BCUT2D eigenvalue weighted by molar-refractivity contribution is -0.270. The molecule has 0 aromatic heterocycles. The van der Waals surface area contributed by atoms with Gasteiger partial charge in [-0.25, -0.2) is 0 Å². The van der Waals surface area contributed by atoms with Gasteiger partial charge in [-0.1, -0.05) is 37.3 Å². The van der Waals surface area contributed by atoms with E-state index in [0.717, 1.165) is 51.7 Å². The van der Waals surface area contributed by atoms with E-state index >= 15 is 0 Å². The molecule has 182 valence electrons. The minimum absolute atomic E-state index is 0.0543. The molecule has 33 heavy (non-hydrogen) atoms. The predicted octanol–water partition coefficient (Wildman–Crippen LogP) is 4.22. The van der Waals surface area contributed by atoms with Crippen molar-refractivity contribution in [2.45, 2.75) is 82.5 Å². The number of rotatable bonds is 5. The molecule has 0 unspecified atom stereocenters. The van der Waals surface area contributed by atoms with E-state index in [-0.39, 0.29) is 29.3 Å². The van der Waals surface area contributed by atoms with Crippen molar-refractivity contribution < 1.29 is 19.4 Å². The van der Waals surface area contributed by atoms with Crippen LogP contribution >= 0.6 is 0 Å². The molecular formula is C28H41NO4. The summed E-state index contributed by atoms with van der Waals surface area (Å²) in [5.41, 5.74) is -0.354. The SMILES string of the molecule is CO[C@]1(C)CCC[C@]2(C)C[C@H]3OC(=O)[C@H](CN4CCC(Cc5ccccc5)CC4)[C@@H]3C[C@@]21O. The smallest absolute Gasteiger partial charge is 0.310 e. The maximum absolute atomic E-state index is 13.0. The van der Waals surface area contributed by atoms with E-state index in [1.165, 1.54) is 18.4 Å². The number of nitrogens with zero attached hydrogens (tertiary/aromatic N) is 1. The van der Waals surface area contributed by atoms with E-state index in [1.54, 1.807) is 7.11 Å². The van der Waals surface area contributed by atoms with Gasteiger partial charge in [-0.15, -0.1) is 0 Å². The number of fused-ring (bicyclic) bond motifs is 2. The minimum Gasteiger partial charge on any atom is -0.462 e. The fourth-order valence-electron chi connectivity index (χ4n) is 7.69. The molecule has 2 saturated carbocycles. The van der Waals surface area contributed by atoms with Gasteiger partial charge >= 0.3 is 5.97 Å². The van der Waals surface area contributed by atoms with Gasteiger partial charge in [-0.05, 0) is 82.9 Å². The van der Waals surface area contributed by atoms with Crippen molar-refractivity contribution in [2.75, 3.05) is 26.7 Å². The highest BCUT2D eigenvalue weighted by atomic mass is 16.6. The number of hydrogen-bond donors (Lipinski definition) is 1. The van der Waals surface area contributed by atoms with Crippen LogP contribution in [-0.2, 0) is 20.7 Å². The average molecular weight is 456 g/mol. The first kappa shape index (κ1) is 23.3. The lowest BCUT2D eigenvalue weighted by Gasteiger charge is -2.62. The zero-order valence-electron chi connectivity index (χ0n) is 20.6. The van der Waals surface area contributed by atoms with Crippen LogP contribution in [0.4, 0.5) is 0 Å². The molecule has 0 spiro atoms. The van der Waals surface area contributed by atoms with Crippen LogP contribution in [0.2, 0.25) is 0 Å². The third-order valence-corrected chi connectivity index (χ3v) is 9.98. The Morgan fingerprint density at radius 3 is 2.55 bits per heavy atom. The Bertz CT molecular complexity index is 853. The molecule has 5 heteroatoms. The van der Waals surface area contributed by atoms with Gasteiger partial charge in [-0.3, -0.25) is 4.79 Å². The largest absolute Gasteiger partial charge is 0.462 e. The molecule has 2 heterocycles. The highest BCUT2D eigenvalue weighted by Gasteiger charge is 2.67. The fraction of sp³-hybridized carbons (Fsp3) is 0.750. The van der Waals surface area contributed by atoms with Crippen molar-refractivity contribution >= 4 is 5.97 Å². The molecule has 2 aliphatic heterocycles. The van der Waals surface area contributed by atoms with Gasteiger partial charge in [-0.2, -0.15) is 0 Å². The van der Waals surface area contributed by atoms with Crippen LogP contribution in [0, 0.1) is 23.2 Å². The molecule has 4 fully saturated rings. The second-order valence-corrected chi connectivity index (χ2v) is 11.8. The summed E-state index contributed by atoms with van der Waals surface area (Å²) < 4.78 is 11.9. The summed E-state index contributed by atoms with van der Waals surface area (Å²) in [6, 6.07) is 10.8. The fourth-order valence-corrected chi connectivity index (χ4v) is 7.69. The Kier molecular flexibility index (Phi) is 6.12. The van der Waals surface area contributed by atoms with Crippen LogP contribution in [0.1, 0.15) is 64.4 Å². The van der Waals surface area contributed by atoms with E-state index in [4.69, 9.17) is 9.47 Å². The number of hydrogen-bond acceptors (Lipinski definition) is 5. The number of carbonyl (C=O) groups excluding carboxylic acids is 1. The summed E-state index contributed by atoms with van der Waals surface area (Å²) in [4.78, 5) is 15.5. The maximum atomic E-state index is 13.0. The van der Waals surface area contributed by atoms with Crippen LogP contribution in [-0.4, -0.2) is 60.0 Å². The molecule has 5 rings (SSSR count). The number of likely N-dealkylation sites (tertiary alicyclic amines) is 1. The minimum atomic E-state index is -0.928. The van der Waals surface area contributed by atoms with Crippen LogP contribution < -0.4 is 0 Å². The first-order chi connectivity index (χ1) is 15.8. The molecule has 0 bridgehead atoms. The topological polar surface area (TPSA) is 59.0 Å². The summed E-state index contributed by atoms with van der Waals surface area (Å²) in [6.07, 6.45) is 7.63. The lowest BCUT2D eigenvalue weighted by atomic mass is 9.49. The monoisotopic (exact) mass is 455 g/mol. The van der Waals surface area contributed by atoms with Crippen molar-refractivity contribution in [3.63, 3.8) is 0 Å². The first-order valence-electron chi connectivity index (χ1n) is 13.0. The predicted molar refractivity (Wildman–Crippen MR) is 128 cm³/mol. The van der Waals surface area contributed by atoms with E-state index in [2.05, 4.69) is 49.1 Å². The summed E-state index contributed by atoms with van der Waals surface area (Å²) in [7, 11) is 1.73. The van der Waals surface area contributed by atoms with Crippen molar-refractivity contribution in [1.29, 1.82) is 0 Å². The van der Waals surface area contributed by atoms with E-state index in [9.17, 15) is 9.90 Å². The highest BCUT2D eigenvalue weighted by molar-refractivity contribution is 5.75. The van der Waals surface area contributed by atoms with Gasteiger partial charge in [0.1, 0.15) is 6.10 Å². The lowest BCUT2D eigenvalue weighted by Crippen LogP contribution is -2.69. The van der Waals surface area contributed by atoms with Crippen LogP contribution in [0.25, 0.3) is 0 Å². The number of aliphatic hydroxyl groups is 1. The number of benzene rings is 1. The molecule has 1 aromatic carbocycles. The maximum Gasteiger partial charge on any atom is 0.310 e. The Balaban J connectivity index is 1.25. The molecule has 1 N–H and O–H groups in total.